The van der Waals surface area contributed by atoms with Gasteiger partial charge in [-0.05, 0) is 48.4 Å². The van der Waals surface area contributed by atoms with E-state index in [4.69, 9.17) is 0 Å². The average molecular weight is 377 g/mol. The molecule has 1 heterocycles. The van der Waals surface area contributed by atoms with Crippen LogP contribution in [0.5, 0.6) is 0 Å². The summed E-state index contributed by atoms with van der Waals surface area (Å²) in [5.41, 5.74) is 2.43. The number of benzene rings is 2. The summed E-state index contributed by atoms with van der Waals surface area (Å²) in [6.07, 6.45) is 0.741. The minimum Gasteiger partial charge on any atom is -0.322 e. The first-order chi connectivity index (χ1) is 11.0. The smallest absolute Gasteiger partial charge is 0.258 e. The largest absolute Gasteiger partial charge is 0.322 e. The fraction of sp³-hybridized carbons (Fsp3) is 0.176. The summed E-state index contributed by atoms with van der Waals surface area (Å²) in [5, 5.41) is 2.69. The maximum atomic E-state index is 13.8. The van der Waals surface area contributed by atoms with Gasteiger partial charge in [0.25, 0.3) is 5.91 Å². The molecule has 2 aromatic carbocycles. The van der Waals surface area contributed by atoms with Crippen molar-refractivity contribution < 1.29 is 14.0 Å². The molecule has 0 bridgehead atoms. The van der Waals surface area contributed by atoms with Crippen molar-refractivity contribution in [3.63, 3.8) is 0 Å². The molecule has 0 saturated carbocycles. The highest BCUT2D eigenvalue weighted by atomic mass is 79.9. The maximum absolute atomic E-state index is 13.8. The van der Waals surface area contributed by atoms with Gasteiger partial charge in [-0.15, -0.1) is 0 Å². The summed E-state index contributed by atoms with van der Waals surface area (Å²) in [5.74, 6) is -1.09. The Labute approximate surface area is 141 Å². The third-order valence-corrected chi connectivity index (χ3v) is 4.28. The lowest BCUT2D eigenvalue weighted by Crippen LogP contribution is -2.25. The van der Waals surface area contributed by atoms with E-state index in [1.165, 1.54) is 19.1 Å². The zero-order valence-corrected chi connectivity index (χ0v) is 14.0. The quantitative estimate of drug-likeness (QED) is 0.867. The predicted octanol–water partition coefficient (Wildman–Crippen LogP) is 3.75. The van der Waals surface area contributed by atoms with E-state index < -0.39 is 11.7 Å². The molecule has 0 fully saturated rings. The Bertz CT molecular complexity index is 807. The van der Waals surface area contributed by atoms with Crippen LogP contribution in [-0.2, 0) is 11.2 Å². The Morgan fingerprint density at radius 2 is 2.00 bits per heavy atom. The van der Waals surface area contributed by atoms with Gasteiger partial charge in [0.2, 0.25) is 5.91 Å². The molecule has 118 valence electrons. The molecule has 0 aromatic heterocycles. The minimum atomic E-state index is -0.583. The van der Waals surface area contributed by atoms with Gasteiger partial charge in [-0.25, -0.2) is 4.39 Å². The van der Waals surface area contributed by atoms with E-state index in [-0.39, 0.29) is 11.5 Å². The first-order valence-corrected chi connectivity index (χ1v) is 7.92. The second-order valence-corrected chi connectivity index (χ2v) is 6.26. The van der Waals surface area contributed by atoms with Crippen LogP contribution in [0.4, 0.5) is 15.8 Å². The third-order valence-electron chi connectivity index (χ3n) is 3.79. The molecule has 0 spiro atoms. The Kier molecular flexibility index (Phi) is 4.17. The van der Waals surface area contributed by atoms with E-state index in [9.17, 15) is 14.0 Å². The van der Waals surface area contributed by atoms with Gasteiger partial charge in [0.05, 0.1) is 5.56 Å². The van der Waals surface area contributed by atoms with Gasteiger partial charge < -0.3 is 10.2 Å². The van der Waals surface area contributed by atoms with Crippen molar-refractivity contribution in [2.75, 3.05) is 16.8 Å². The van der Waals surface area contributed by atoms with Crippen molar-refractivity contribution in [2.45, 2.75) is 13.3 Å². The highest BCUT2D eigenvalue weighted by Gasteiger charge is 2.22. The van der Waals surface area contributed by atoms with Gasteiger partial charge in [-0.2, -0.15) is 0 Å². The number of nitrogens with one attached hydrogen (secondary N) is 1. The van der Waals surface area contributed by atoms with E-state index in [1.54, 1.807) is 23.1 Å². The van der Waals surface area contributed by atoms with Gasteiger partial charge >= 0.3 is 0 Å². The Morgan fingerprint density at radius 1 is 1.22 bits per heavy atom. The molecule has 1 N–H and O–H groups in total. The van der Waals surface area contributed by atoms with Gasteiger partial charge in [0.15, 0.2) is 0 Å². The normalized spacial score (nSPS) is 12.9. The highest BCUT2D eigenvalue weighted by molar-refractivity contribution is 9.10. The summed E-state index contributed by atoms with van der Waals surface area (Å²) in [6, 6.07) is 9.65. The molecule has 0 radical (unpaired) electrons. The first kappa shape index (κ1) is 15.7. The molecule has 3 rings (SSSR count). The molecule has 0 atom stereocenters. The molecule has 4 nitrogen and oxygen atoms in total. The van der Waals surface area contributed by atoms with Crippen molar-refractivity contribution in [1.29, 1.82) is 0 Å². The molecule has 23 heavy (non-hydrogen) atoms. The standard InChI is InChI=1S/C17H14BrFN2O2/c1-10(22)21-7-6-11-8-13(3-5-16(11)21)20-17(23)14-4-2-12(18)9-15(14)19/h2-5,8-9H,6-7H2,1H3,(H,20,23). The number of hydrogen-bond donors (Lipinski definition) is 1. The van der Waals surface area contributed by atoms with E-state index >= 15 is 0 Å². The lowest BCUT2D eigenvalue weighted by Gasteiger charge is -2.15. The number of anilines is 2. The van der Waals surface area contributed by atoms with Crippen LogP contribution < -0.4 is 10.2 Å². The fourth-order valence-corrected chi connectivity index (χ4v) is 3.01. The third kappa shape index (κ3) is 3.12. The molecule has 6 heteroatoms. The van der Waals surface area contributed by atoms with Crippen molar-refractivity contribution >= 4 is 39.1 Å². The summed E-state index contributed by atoms with van der Waals surface area (Å²) in [6.45, 7) is 2.17. The lowest BCUT2D eigenvalue weighted by atomic mass is 10.1. The van der Waals surface area contributed by atoms with E-state index in [0.29, 0.717) is 16.7 Å². The monoisotopic (exact) mass is 376 g/mol. The maximum Gasteiger partial charge on any atom is 0.258 e. The number of fused-ring (bicyclic) bond motifs is 1. The van der Waals surface area contributed by atoms with Crippen LogP contribution in [-0.4, -0.2) is 18.4 Å². The lowest BCUT2D eigenvalue weighted by molar-refractivity contribution is -0.116. The Hall–Kier alpha value is -2.21. The molecule has 2 aromatic rings. The fourth-order valence-electron chi connectivity index (χ4n) is 2.68. The predicted molar refractivity (Wildman–Crippen MR) is 90.2 cm³/mol. The van der Waals surface area contributed by atoms with Crippen LogP contribution in [0, 0.1) is 5.82 Å². The van der Waals surface area contributed by atoms with Crippen LogP contribution in [0.15, 0.2) is 40.9 Å². The molecule has 1 aliphatic heterocycles. The summed E-state index contributed by atoms with van der Waals surface area (Å²) >= 11 is 3.16. The number of amides is 2. The molecular formula is C17H14BrFN2O2. The zero-order valence-electron chi connectivity index (χ0n) is 12.4. The van der Waals surface area contributed by atoms with E-state index in [1.807, 2.05) is 6.07 Å². The highest BCUT2D eigenvalue weighted by Crippen LogP contribution is 2.30. The van der Waals surface area contributed by atoms with E-state index in [0.717, 1.165) is 17.7 Å². The second-order valence-electron chi connectivity index (χ2n) is 5.34. The second kappa shape index (κ2) is 6.12. The minimum absolute atomic E-state index is 0.00234. The van der Waals surface area contributed by atoms with Crippen LogP contribution >= 0.6 is 15.9 Å². The average Bonchev–Trinajstić information content (AvgIpc) is 2.90. The van der Waals surface area contributed by atoms with Crippen molar-refractivity contribution in [3.8, 4) is 0 Å². The molecule has 1 aliphatic rings. The first-order valence-electron chi connectivity index (χ1n) is 7.13. The number of halogens is 2. The van der Waals surface area contributed by atoms with E-state index in [2.05, 4.69) is 21.2 Å². The number of carbonyl (C=O) groups excluding carboxylic acids is 2. The Morgan fingerprint density at radius 3 is 2.70 bits per heavy atom. The molecule has 0 aliphatic carbocycles. The SMILES string of the molecule is CC(=O)N1CCc2cc(NC(=O)c3ccc(Br)cc3F)ccc21. The van der Waals surface area contributed by atoms with Crippen LogP contribution in [0.25, 0.3) is 0 Å². The van der Waals surface area contributed by atoms with Crippen molar-refractivity contribution in [2.24, 2.45) is 0 Å². The summed E-state index contributed by atoms with van der Waals surface area (Å²) in [7, 11) is 0. The topological polar surface area (TPSA) is 49.4 Å². The Balaban J connectivity index is 1.81. The van der Waals surface area contributed by atoms with Crippen LogP contribution in [0.3, 0.4) is 0 Å². The summed E-state index contributed by atoms with van der Waals surface area (Å²) < 4.78 is 14.4. The molecule has 0 unspecified atom stereocenters. The van der Waals surface area contributed by atoms with Crippen molar-refractivity contribution in [1.82, 2.24) is 0 Å². The number of nitrogens with zero attached hydrogens (tertiary/aromatic N) is 1. The number of hydrogen-bond acceptors (Lipinski definition) is 2. The zero-order chi connectivity index (χ0) is 16.6. The molecule has 0 saturated heterocycles. The van der Waals surface area contributed by atoms with Crippen molar-refractivity contribution in [3.05, 3.63) is 57.8 Å². The molecular weight excluding hydrogens is 363 g/mol. The number of carbonyl (C=O) groups is 2. The van der Waals surface area contributed by atoms with Gasteiger partial charge in [0.1, 0.15) is 5.82 Å². The van der Waals surface area contributed by atoms with Gasteiger partial charge in [0, 0.05) is 29.3 Å². The number of rotatable bonds is 2. The van der Waals surface area contributed by atoms with Crippen LogP contribution in [0.1, 0.15) is 22.8 Å². The van der Waals surface area contributed by atoms with Gasteiger partial charge in [-0.3, -0.25) is 9.59 Å². The summed E-state index contributed by atoms with van der Waals surface area (Å²) in [4.78, 5) is 25.4. The van der Waals surface area contributed by atoms with Crippen LogP contribution in [0.2, 0.25) is 0 Å². The van der Waals surface area contributed by atoms with Gasteiger partial charge in [-0.1, -0.05) is 15.9 Å². The molecule has 2 amide bonds.